The van der Waals surface area contributed by atoms with Crippen LogP contribution in [0.4, 0.5) is 0 Å². The van der Waals surface area contributed by atoms with E-state index in [1.807, 2.05) is 0 Å². The van der Waals surface area contributed by atoms with Crippen molar-refractivity contribution in [3.63, 3.8) is 0 Å². The van der Waals surface area contributed by atoms with Crippen LogP contribution >= 0.6 is 0 Å². The Labute approximate surface area is 56.1 Å². The molecule has 7 heavy (non-hydrogen) atoms. The van der Waals surface area contributed by atoms with Gasteiger partial charge in [-0.25, -0.2) is 0 Å². The monoisotopic (exact) mass is 136 g/mol. The number of hydrogen-bond acceptors (Lipinski definition) is 2. The first-order valence-electron chi connectivity index (χ1n) is 1.05. The fraction of sp³-hybridized carbons (Fsp3) is 0. The predicted molar refractivity (Wildman–Crippen MR) is 20.8 cm³/mol. The van der Waals surface area contributed by atoms with Gasteiger partial charge in [-0.3, -0.25) is 0 Å². The number of nitrogens with one attached hydrogen (secondary N) is 2. The summed E-state index contributed by atoms with van der Waals surface area (Å²) in [5.74, 6) is 0. The summed E-state index contributed by atoms with van der Waals surface area (Å²) in [6, 6.07) is 0. The Kier molecular flexibility index (Phi) is 102. The molecule has 0 aromatic rings. The summed E-state index contributed by atoms with van der Waals surface area (Å²) in [6.45, 7) is 0. The van der Waals surface area contributed by atoms with E-state index in [-0.39, 0.29) is 34.5 Å². The Bertz CT molecular complexity index is 34.7. The van der Waals surface area contributed by atoms with Crippen LogP contribution in [0.5, 0.6) is 0 Å². The zero-order valence-corrected chi connectivity index (χ0v) is 5.03. The quantitative estimate of drug-likeness (QED) is 0.356. The molecular weight excluding hydrogens is 132 g/mol. The van der Waals surface area contributed by atoms with Crippen molar-refractivity contribution in [2.45, 2.75) is 0 Å². The van der Waals surface area contributed by atoms with Gasteiger partial charge in [-0.05, 0) is 0 Å². The first kappa shape index (κ1) is 15.9. The van der Waals surface area contributed by atoms with E-state index >= 15 is 0 Å². The molecule has 0 aromatic heterocycles. The average Bonchev–Trinajstić information content (AvgIpc) is 1.39. The van der Waals surface area contributed by atoms with Crippen molar-refractivity contribution >= 4 is 12.8 Å². The topological polar surface area (TPSA) is 81.7 Å². The third-order valence-electron chi connectivity index (χ3n) is 0. The number of carbonyl (C=O) groups excluding carboxylic acids is 2. The van der Waals surface area contributed by atoms with Crippen molar-refractivity contribution in [2.75, 3.05) is 0 Å². The van der Waals surface area contributed by atoms with E-state index in [1.165, 1.54) is 0 Å². The first-order valence-corrected chi connectivity index (χ1v) is 1.05. The molecule has 0 atom stereocenters. The number of hydrogen-bond donors (Lipinski definition) is 0. The molecule has 38 valence electrons. The summed E-state index contributed by atoms with van der Waals surface area (Å²) in [5, 5.41) is 0. The molecule has 0 aromatic carbocycles. The van der Waals surface area contributed by atoms with Gasteiger partial charge in [-0.15, -0.1) is 0 Å². The maximum absolute atomic E-state index is 8.47. The summed E-state index contributed by atoms with van der Waals surface area (Å²) in [6.07, 6.45) is 0. The molecule has 0 spiro atoms. The molecule has 0 aliphatic heterocycles. The fourth-order valence-corrected chi connectivity index (χ4v) is 0. The average molecular weight is 136 g/mol. The van der Waals surface area contributed by atoms with Crippen molar-refractivity contribution in [1.29, 1.82) is 0 Å². The Morgan fingerprint density at radius 1 is 1.00 bits per heavy atom. The van der Waals surface area contributed by atoms with Crippen LogP contribution in [0.1, 0.15) is 0 Å². The van der Waals surface area contributed by atoms with Gasteiger partial charge >= 0.3 is 21.7 Å². The molecule has 0 radical (unpaired) electrons. The van der Waals surface area contributed by atoms with Crippen LogP contribution in [0.25, 0.3) is 11.5 Å². The SMILES string of the molecule is [NH-]C=O.[NH-]C=O.[Ti+2]. The van der Waals surface area contributed by atoms with Gasteiger partial charge in [0, 0.05) is 12.8 Å². The zero-order chi connectivity index (χ0) is 5.41. The van der Waals surface area contributed by atoms with E-state index in [1.54, 1.807) is 0 Å². The minimum atomic E-state index is 0. The van der Waals surface area contributed by atoms with E-state index in [2.05, 4.69) is 0 Å². The first-order chi connectivity index (χ1) is 2.83. The molecule has 0 aliphatic rings. The maximum Gasteiger partial charge on any atom is 2.00 e. The second kappa shape index (κ2) is 44.8. The second-order valence-corrected chi connectivity index (χ2v) is 0.236. The minimum absolute atomic E-state index is 0. The maximum atomic E-state index is 8.47. The van der Waals surface area contributed by atoms with Crippen LogP contribution in [0.3, 0.4) is 0 Å². The third-order valence-corrected chi connectivity index (χ3v) is 0. The van der Waals surface area contributed by atoms with Crippen LogP contribution in [0, 0.1) is 0 Å². The van der Waals surface area contributed by atoms with Gasteiger partial charge in [-0.1, -0.05) is 0 Å². The molecule has 4 nitrogen and oxygen atoms in total. The summed E-state index contributed by atoms with van der Waals surface area (Å²) in [4.78, 5) is 16.9. The summed E-state index contributed by atoms with van der Waals surface area (Å²) >= 11 is 0. The van der Waals surface area contributed by atoms with Crippen LogP contribution in [0.2, 0.25) is 0 Å². The Morgan fingerprint density at radius 3 is 1.00 bits per heavy atom. The molecule has 0 rings (SSSR count). The van der Waals surface area contributed by atoms with E-state index in [0.29, 0.717) is 0 Å². The van der Waals surface area contributed by atoms with E-state index in [9.17, 15) is 0 Å². The molecule has 0 unspecified atom stereocenters. The Balaban J connectivity index is -0.0000000400. The molecule has 0 heterocycles. The van der Waals surface area contributed by atoms with Crippen molar-refractivity contribution in [3.05, 3.63) is 11.5 Å². The standard InChI is InChI=1S/2CH3NO.Ti/c2*2-1-3;/h2*1H,(H2,2,3);/q;;+2/p-2. The van der Waals surface area contributed by atoms with Crippen LogP contribution < -0.4 is 0 Å². The molecule has 0 saturated carbocycles. The van der Waals surface area contributed by atoms with Gasteiger partial charge in [0.2, 0.25) is 0 Å². The predicted octanol–water partition coefficient (Wildman–Crippen LogP) is 0.388. The van der Waals surface area contributed by atoms with E-state index < -0.39 is 0 Å². The number of amides is 2. The van der Waals surface area contributed by atoms with E-state index in [4.69, 9.17) is 21.1 Å². The van der Waals surface area contributed by atoms with Gasteiger partial charge in [-0.2, -0.15) is 0 Å². The van der Waals surface area contributed by atoms with Crippen LogP contribution in [0.15, 0.2) is 0 Å². The van der Waals surface area contributed by atoms with Crippen molar-refractivity contribution < 1.29 is 31.3 Å². The molecule has 0 fully saturated rings. The van der Waals surface area contributed by atoms with E-state index in [0.717, 1.165) is 0 Å². The van der Waals surface area contributed by atoms with Crippen molar-refractivity contribution in [1.82, 2.24) is 0 Å². The number of rotatable bonds is 0. The van der Waals surface area contributed by atoms with Gasteiger partial charge in [0.1, 0.15) is 0 Å². The second-order valence-electron chi connectivity index (χ2n) is 0.236. The number of carbonyl (C=O) groups is 2. The molecule has 5 heteroatoms. The Hall–Kier alpha value is -0.346. The molecule has 2 N–H and O–H groups in total. The normalized spacial score (nSPS) is 3.43. The van der Waals surface area contributed by atoms with Crippen molar-refractivity contribution in [3.8, 4) is 0 Å². The minimum Gasteiger partial charge on any atom is -0.671 e. The zero-order valence-electron chi connectivity index (χ0n) is 3.47. The largest absolute Gasteiger partial charge is 2.00 e. The van der Waals surface area contributed by atoms with Gasteiger partial charge in [0.25, 0.3) is 0 Å². The van der Waals surface area contributed by atoms with Crippen molar-refractivity contribution in [2.24, 2.45) is 0 Å². The molecule has 0 bridgehead atoms. The summed E-state index contributed by atoms with van der Waals surface area (Å²) in [7, 11) is 0. The van der Waals surface area contributed by atoms with Gasteiger partial charge in [0.05, 0.1) is 0 Å². The summed E-state index contributed by atoms with van der Waals surface area (Å²) < 4.78 is 0. The molecule has 0 aliphatic carbocycles. The molecular formula is C2H4N2O2Ti. The summed E-state index contributed by atoms with van der Waals surface area (Å²) in [5.41, 5.74) is 11.1. The van der Waals surface area contributed by atoms with Crippen LogP contribution in [-0.2, 0) is 31.3 Å². The van der Waals surface area contributed by atoms with Gasteiger partial charge in [0.15, 0.2) is 0 Å². The third kappa shape index (κ3) is 632. The molecule has 0 saturated heterocycles. The smallest absolute Gasteiger partial charge is 0.671 e. The molecule has 2 amide bonds. The van der Waals surface area contributed by atoms with Crippen LogP contribution in [-0.4, -0.2) is 12.8 Å². The van der Waals surface area contributed by atoms with Gasteiger partial charge < -0.3 is 21.1 Å². The fourth-order valence-electron chi connectivity index (χ4n) is 0. The Morgan fingerprint density at radius 2 is 1.00 bits per heavy atom.